The molecule has 0 radical (unpaired) electrons. The van der Waals surface area contributed by atoms with Crippen LogP contribution in [0.5, 0.6) is 0 Å². The Morgan fingerprint density at radius 2 is 2.05 bits per heavy atom. The number of carboxylic acid groups (broad SMARTS) is 1. The van der Waals surface area contributed by atoms with Crippen molar-refractivity contribution in [3.8, 4) is 0 Å². The number of carbonyl (C=O) groups excluding carboxylic acids is 1. The molecule has 22 heavy (non-hydrogen) atoms. The topological polar surface area (TPSA) is 102 Å². The molecule has 1 amide bonds. The molecule has 118 valence electrons. The Kier molecular flexibility index (Phi) is 4.36. The van der Waals surface area contributed by atoms with Gasteiger partial charge < -0.3 is 10.4 Å². The summed E-state index contributed by atoms with van der Waals surface area (Å²) in [6, 6.07) is -0.591. The van der Waals surface area contributed by atoms with Gasteiger partial charge in [-0.3, -0.25) is 14.2 Å². The lowest BCUT2D eigenvalue weighted by Gasteiger charge is -2.14. The summed E-state index contributed by atoms with van der Waals surface area (Å²) in [5, 5.41) is 19.9. The molecule has 0 aliphatic heterocycles. The third kappa shape index (κ3) is 2.76. The van der Waals surface area contributed by atoms with E-state index in [-0.39, 0.29) is 17.3 Å². The predicted molar refractivity (Wildman–Crippen MR) is 82.9 cm³/mol. The van der Waals surface area contributed by atoms with Gasteiger partial charge in [0.1, 0.15) is 6.04 Å². The highest BCUT2D eigenvalue weighted by Crippen LogP contribution is 2.24. The maximum Gasteiger partial charge on any atom is 0.356 e. The van der Waals surface area contributed by atoms with Crippen molar-refractivity contribution in [3.05, 3.63) is 27.8 Å². The number of carbonyl (C=O) groups is 2. The highest BCUT2D eigenvalue weighted by Gasteiger charge is 2.23. The quantitative estimate of drug-likeness (QED) is 0.856. The van der Waals surface area contributed by atoms with Gasteiger partial charge in [-0.1, -0.05) is 0 Å². The molecule has 1 atom stereocenters. The van der Waals surface area contributed by atoms with Crippen LogP contribution in [0.25, 0.3) is 0 Å². The maximum atomic E-state index is 12.4. The Bertz CT molecular complexity index is 749. The summed E-state index contributed by atoms with van der Waals surface area (Å²) in [7, 11) is 1.50. The van der Waals surface area contributed by atoms with Crippen molar-refractivity contribution in [1.82, 2.24) is 19.6 Å². The number of carboxylic acids is 1. The number of hydrogen-bond donors (Lipinski definition) is 2. The summed E-state index contributed by atoms with van der Waals surface area (Å²) >= 11 is 3.41. The Morgan fingerprint density at radius 3 is 2.55 bits per heavy atom. The summed E-state index contributed by atoms with van der Waals surface area (Å²) in [4.78, 5) is 23.5. The van der Waals surface area contributed by atoms with Crippen molar-refractivity contribution in [2.45, 2.75) is 26.8 Å². The Balaban J connectivity index is 2.26. The minimum absolute atomic E-state index is 0.0740. The van der Waals surface area contributed by atoms with Crippen LogP contribution in [-0.4, -0.2) is 36.5 Å². The molecule has 0 aliphatic rings. The van der Waals surface area contributed by atoms with Crippen molar-refractivity contribution >= 4 is 33.5 Å². The molecule has 8 nitrogen and oxygen atoms in total. The van der Waals surface area contributed by atoms with E-state index in [0.29, 0.717) is 0 Å². The highest BCUT2D eigenvalue weighted by molar-refractivity contribution is 9.10. The number of anilines is 1. The molecule has 0 aromatic carbocycles. The molecular weight excluding hydrogens is 354 g/mol. The zero-order valence-corrected chi connectivity index (χ0v) is 14.2. The average molecular weight is 370 g/mol. The van der Waals surface area contributed by atoms with E-state index >= 15 is 0 Å². The number of nitrogens with zero attached hydrogens (tertiary/aromatic N) is 4. The van der Waals surface area contributed by atoms with Crippen LogP contribution in [0.15, 0.2) is 10.7 Å². The summed E-state index contributed by atoms with van der Waals surface area (Å²) in [6.45, 7) is 5.38. The van der Waals surface area contributed by atoms with E-state index in [4.69, 9.17) is 5.11 Å². The first kappa shape index (κ1) is 16.2. The van der Waals surface area contributed by atoms with Gasteiger partial charge >= 0.3 is 5.97 Å². The van der Waals surface area contributed by atoms with Crippen LogP contribution < -0.4 is 5.32 Å². The average Bonchev–Trinajstić information content (AvgIpc) is 2.93. The Morgan fingerprint density at radius 1 is 1.41 bits per heavy atom. The van der Waals surface area contributed by atoms with Gasteiger partial charge in [-0.25, -0.2) is 4.79 Å². The predicted octanol–water partition coefficient (Wildman–Crippen LogP) is 1.89. The van der Waals surface area contributed by atoms with Crippen LogP contribution in [0.1, 0.15) is 34.8 Å². The fraction of sp³-hybridized carbons (Fsp3) is 0.385. The number of aromatic carboxylic acids is 1. The number of hydrogen-bond acceptors (Lipinski definition) is 4. The van der Waals surface area contributed by atoms with Crippen molar-refractivity contribution in [1.29, 1.82) is 0 Å². The third-order valence-electron chi connectivity index (χ3n) is 3.38. The van der Waals surface area contributed by atoms with Crippen LogP contribution >= 0.6 is 15.9 Å². The monoisotopic (exact) mass is 369 g/mol. The molecule has 2 heterocycles. The fourth-order valence-electron chi connectivity index (χ4n) is 2.15. The summed E-state index contributed by atoms with van der Waals surface area (Å²) < 4.78 is 3.63. The van der Waals surface area contributed by atoms with E-state index in [0.717, 1.165) is 15.9 Å². The number of amides is 1. The minimum Gasteiger partial charge on any atom is -0.476 e. The van der Waals surface area contributed by atoms with Gasteiger partial charge in [-0.2, -0.15) is 10.2 Å². The zero-order chi connectivity index (χ0) is 16.6. The SMILES string of the molecule is Cc1nn(C(C)C(=O)Nc2cnn(C)c2C(=O)O)c(C)c1Br. The molecule has 2 rings (SSSR count). The molecule has 0 aliphatic carbocycles. The van der Waals surface area contributed by atoms with Crippen LogP contribution in [0.2, 0.25) is 0 Å². The first-order valence-corrected chi connectivity index (χ1v) is 7.30. The normalized spacial score (nSPS) is 12.2. The maximum absolute atomic E-state index is 12.4. The van der Waals surface area contributed by atoms with E-state index in [1.54, 1.807) is 11.6 Å². The molecule has 0 saturated carbocycles. The van der Waals surface area contributed by atoms with Crippen molar-refractivity contribution in [2.75, 3.05) is 5.32 Å². The van der Waals surface area contributed by atoms with Gasteiger partial charge in [-0.05, 0) is 36.7 Å². The molecule has 2 N–H and O–H groups in total. The molecule has 2 aromatic heterocycles. The van der Waals surface area contributed by atoms with Crippen LogP contribution in [0.3, 0.4) is 0 Å². The first-order chi connectivity index (χ1) is 10.2. The molecule has 1 unspecified atom stereocenters. The fourth-order valence-corrected chi connectivity index (χ4v) is 2.41. The summed E-state index contributed by atoms with van der Waals surface area (Å²) in [5.74, 6) is -1.52. The molecular formula is C13H16BrN5O3. The number of aryl methyl sites for hydroxylation is 2. The lowest BCUT2D eigenvalue weighted by molar-refractivity contribution is -0.119. The molecule has 2 aromatic rings. The van der Waals surface area contributed by atoms with Crippen molar-refractivity contribution in [3.63, 3.8) is 0 Å². The third-order valence-corrected chi connectivity index (χ3v) is 4.53. The number of nitrogens with one attached hydrogen (secondary N) is 1. The largest absolute Gasteiger partial charge is 0.476 e. The van der Waals surface area contributed by atoms with Gasteiger partial charge in [-0.15, -0.1) is 0 Å². The van der Waals surface area contributed by atoms with Gasteiger partial charge in [0, 0.05) is 7.05 Å². The molecule has 0 bridgehead atoms. The summed E-state index contributed by atoms with van der Waals surface area (Å²) in [5.41, 5.74) is 1.69. The van der Waals surface area contributed by atoms with E-state index in [2.05, 4.69) is 31.4 Å². The number of halogens is 1. The Hall–Kier alpha value is -2.16. The first-order valence-electron chi connectivity index (χ1n) is 6.51. The molecule has 0 saturated heterocycles. The van der Waals surface area contributed by atoms with Crippen molar-refractivity contribution < 1.29 is 14.7 Å². The minimum atomic E-state index is -1.16. The zero-order valence-electron chi connectivity index (χ0n) is 12.6. The van der Waals surface area contributed by atoms with Crippen molar-refractivity contribution in [2.24, 2.45) is 7.05 Å². The molecule has 0 fully saturated rings. The van der Waals surface area contributed by atoms with E-state index < -0.39 is 12.0 Å². The van der Waals surface area contributed by atoms with E-state index in [1.165, 1.54) is 17.9 Å². The molecule has 9 heteroatoms. The van der Waals surface area contributed by atoms with Crippen LogP contribution in [0, 0.1) is 13.8 Å². The Labute approximate surface area is 135 Å². The lowest BCUT2D eigenvalue weighted by atomic mass is 10.2. The highest BCUT2D eigenvalue weighted by atomic mass is 79.9. The van der Waals surface area contributed by atoms with Gasteiger partial charge in [0.25, 0.3) is 0 Å². The molecule has 0 spiro atoms. The van der Waals surface area contributed by atoms with E-state index in [1.807, 2.05) is 13.8 Å². The number of rotatable bonds is 4. The second-order valence-electron chi connectivity index (χ2n) is 4.93. The van der Waals surface area contributed by atoms with E-state index in [9.17, 15) is 9.59 Å². The van der Waals surface area contributed by atoms with Gasteiger partial charge in [0.15, 0.2) is 5.69 Å². The van der Waals surface area contributed by atoms with Gasteiger partial charge in [0.05, 0.1) is 27.7 Å². The van der Waals surface area contributed by atoms with Crippen LogP contribution in [0.4, 0.5) is 5.69 Å². The van der Waals surface area contributed by atoms with Crippen LogP contribution in [-0.2, 0) is 11.8 Å². The smallest absolute Gasteiger partial charge is 0.356 e. The standard InChI is InChI=1S/C13H16BrN5O3/c1-6-10(14)7(2)19(17-6)8(3)12(20)16-9-5-15-18(4)11(9)13(21)22/h5,8H,1-4H3,(H,16,20)(H,21,22). The van der Waals surface area contributed by atoms with Gasteiger partial charge in [0.2, 0.25) is 5.91 Å². The number of aromatic nitrogens is 4. The second-order valence-corrected chi connectivity index (χ2v) is 5.72. The second kappa shape index (κ2) is 5.91. The summed E-state index contributed by atoms with van der Waals surface area (Å²) in [6.07, 6.45) is 1.31. The lowest BCUT2D eigenvalue weighted by Crippen LogP contribution is -2.26.